The Morgan fingerprint density at radius 3 is 3.00 bits per heavy atom. The standard InChI is InChI=1S/C14H21N3O2S/c1-10(18)17(12-4-5-12)14-15-11(9-20-14)7-16-6-2-3-13(19)8-16/h9,12-13,19H,2-8H2,1H3. The lowest BCUT2D eigenvalue weighted by atomic mass is 10.1. The van der Waals surface area contributed by atoms with E-state index in [9.17, 15) is 9.90 Å². The molecule has 1 aliphatic heterocycles. The Kier molecular flexibility index (Phi) is 4.05. The number of anilines is 1. The van der Waals surface area contributed by atoms with Crippen LogP contribution in [-0.4, -0.2) is 46.1 Å². The fourth-order valence-corrected chi connectivity index (χ4v) is 3.69. The lowest BCUT2D eigenvalue weighted by Gasteiger charge is -2.29. The summed E-state index contributed by atoms with van der Waals surface area (Å²) in [5, 5.41) is 12.6. The lowest BCUT2D eigenvalue weighted by molar-refractivity contribution is -0.116. The number of aliphatic hydroxyl groups is 1. The number of aliphatic hydroxyl groups excluding tert-OH is 1. The second kappa shape index (κ2) is 5.79. The topological polar surface area (TPSA) is 56.7 Å². The number of β-amino-alcohol motifs (C(OH)–C–C–N with tert-alkyl or cyclic N) is 1. The maximum absolute atomic E-state index is 11.7. The molecule has 0 spiro atoms. The highest BCUT2D eigenvalue weighted by atomic mass is 32.1. The Labute approximate surface area is 123 Å². The normalized spacial score (nSPS) is 23.8. The summed E-state index contributed by atoms with van der Waals surface area (Å²) in [5.74, 6) is 0.0850. The largest absolute Gasteiger partial charge is 0.392 e. The summed E-state index contributed by atoms with van der Waals surface area (Å²) >= 11 is 1.55. The third-order valence-corrected chi connectivity index (χ3v) is 4.75. The number of amides is 1. The molecule has 2 heterocycles. The molecule has 0 aromatic carbocycles. The molecule has 2 aliphatic rings. The second-order valence-corrected chi connectivity index (χ2v) is 6.61. The predicted octanol–water partition coefficient (Wildman–Crippen LogP) is 1.62. The van der Waals surface area contributed by atoms with Crippen LogP contribution in [0.5, 0.6) is 0 Å². The molecule has 1 aromatic rings. The SMILES string of the molecule is CC(=O)N(c1nc(CN2CCCC(O)C2)cs1)C1CC1. The number of likely N-dealkylation sites (tertiary alicyclic amines) is 1. The number of carbonyl (C=O) groups excluding carboxylic acids is 1. The molecule has 1 saturated heterocycles. The molecule has 1 aliphatic carbocycles. The van der Waals surface area contributed by atoms with Crippen molar-refractivity contribution in [2.45, 2.75) is 51.3 Å². The minimum atomic E-state index is -0.206. The summed E-state index contributed by atoms with van der Waals surface area (Å²) in [7, 11) is 0. The van der Waals surface area contributed by atoms with Crippen molar-refractivity contribution in [3.63, 3.8) is 0 Å². The van der Waals surface area contributed by atoms with Crippen molar-refractivity contribution in [2.75, 3.05) is 18.0 Å². The van der Waals surface area contributed by atoms with Gasteiger partial charge >= 0.3 is 0 Å². The van der Waals surface area contributed by atoms with Crippen LogP contribution in [0.1, 0.15) is 38.3 Å². The smallest absolute Gasteiger partial charge is 0.225 e. The zero-order valence-corrected chi connectivity index (χ0v) is 12.6. The number of aromatic nitrogens is 1. The van der Waals surface area contributed by atoms with Crippen LogP contribution in [-0.2, 0) is 11.3 Å². The van der Waals surface area contributed by atoms with Crippen LogP contribution >= 0.6 is 11.3 Å². The highest BCUT2D eigenvalue weighted by molar-refractivity contribution is 7.14. The van der Waals surface area contributed by atoms with Crippen molar-refractivity contribution in [3.8, 4) is 0 Å². The van der Waals surface area contributed by atoms with Crippen LogP contribution in [0.4, 0.5) is 5.13 Å². The molecule has 110 valence electrons. The maximum Gasteiger partial charge on any atom is 0.225 e. The van der Waals surface area contributed by atoms with Crippen molar-refractivity contribution in [2.24, 2.45) is 0 Å². The third-order valence-electron chi connectivity index (χ3n) is 3.86. The molecule has 2 fully saturated rings. The van der Waals surface area contributed by atoms with Gasteiger partial charge in [0.2, 0.25) is 5.91 Å². The van der Waals surface area contributed by atoms with Crippen molar-refractivity contribution >= 4 is 22.4 Å². The van der Waals surface area contributed by atoms with E-state index in [0.717, 1.165) is 56.1 Å². The van der Waals surface area contributed by atoms with E-state index in [2.05, 4.69) is 9.88 Å². The molecule has 1 aromatic heterocycles. The Morgan fingerprint density at radius 2 is 2.35 bits per heavy atom. The van der Waals surface area contributed by atoms with Gasteiger partial charge in [-0.3, -0.25) is 14.6 Å². The third kappa shape index (κ3) is 3.19. The monoisotopic (exact) mass is 295 g/mol. The van der Waals surface area contributed by atoms with E-state index < -0.39 is 0 Å². The van der Waals surface area contributed by atoms with Gasteiger partial charge in [0.25, 0.3) is 0 Å². The summed E-state index contributed by atoms with van der Waals surface area (Å²) in [4.78, 5) is 20.4. The molecule has 6 heteroatoms. The van der Waals surface area contributed by atoms with Crippen molar-refractivity contribution < 1.29 is 9.90 Å². The fraction of sp³-hybridized carbons (Fsp3) is 0.714. The molecule has 20 heavy (non-hydrogen) atoms. The summed E-state index contributed by atoms with van der Waals surface area (Å²) in [6.45, 7) is 4.12. The minimum absolute atomic E-state index is 0.0850. The number of hydrogen-bond donors (Lipinski definition) is 1. The molecule has 1 saturated carbocycles. The fourth-order valence-electron chi connectivity index (χ4n) is 2.76. The molecule has 0 bridgehead atoms. The first-order valence-corrected chi connectivity index (χ1v) is 8.16. The van der Waals surface area contributed by atoms with E-state index in [1.165, 1.54) is 0 Å². The van der Waals surface area contributed by atoms with Crippen LogP contribution in [0.15, 0.2) is 5.38 Å². The zero-order chi connectivity index (χ0) is 14.1. The van der Waals surface area contributed by atoms with Gasteiger partial charge in [0.05, 0.1) is 11.8 Å². The number of nitrogens with zero attached hydrogens (tertiary/aromatic N) is 3. The van der Waals surface area contributed by atoms with E-state index in [0.29, 0.717) is 6.04 Å². The lowest BCUT2D eigenvalue weighted by Crippen LogP contribution is -2.37. The van der Waals surface area contributed by atoms with Crippen LogP contribution in [0, 0.1) is 0 Å². The Hall–Kier alpha value is -0.980. The van der Waals surface area contributed by atoms with E-state index in [1.807, 2.05) is 10.3 Å². The minimum Gasteiger partial charge on any atom is -0.392 e. The molecule has 1 N–H and O–H groups in total. The van der Waals surface area contributed by atoms with Gasteiger partial charge in [-0.05, 0) is 32.2 Å². The van der Waals surface area contributed by atoms with Gasteiger partial charge in [-0.1, -0.05) is 0 Å². The first kappa shape index (κ1) is 14.0. The van der Waals surface area contributed by atoms with E-state index in [4.69, 9.17) is 0 Å². The van der Waals surface area contributed by atoms with Crippen molar-refractivity contribution in [1.29, 1.82) is 0 Å². The molecule has 1 unspecified atom stereocenters. The van der Waals surface area contributed by atoms with Gasteiger partial charge in [-0.25, -0.2) is 4.98 Å². The van der Waals surface area contributed by atoms with E-state index in [1.54, 1.807) is 18.3 Å². The van der Waals surface area contributed by atoms with Crippen LogP contribution < -0.4 is 4.90 Å². The zero-order valence-electron chi connectivity index (χ0n) is 11.8. The first-order valence-electron chi connectivity index (χ1n) is 7.28. The van der Waals surface area contributed by atoms with Gasteiger partial charge < -0.3 is 5.11 Å². The van der Waals surface area contributed by atoms with Crippen LogP contribution in [0.3, 0.4) is 0 Å². The number of carbonyl (C=O) groups is 1. The Balaban J connectivity index is 1.65. The highest BCUT2D eigenvalue weighted by Crippen LogP contribution is 2.33. The van der Waals surface area contributed by atoms with Crippen LogP contribution in [0.25, 0.3) is 0 Å². The van der Waals surface area contributed by atoms with Gasteiger partial charge in [0.15, 0.2) is 5.13 Å². The van der Waals surface area contributed by atoms with E-state index >= 15 is 0 Å². The molecule has 0 radical (unpaired) electrons. The average molecular weight is 295 g/mol. The first-order chi connectivity index (χ1) is 9.63. The molecule has 1 atom stereocenters. The Morgan fingerprint density at radius 1 is 1.55 bits per heavy atom. The molecule has 3 rings (SSSR count). The van der Waals surface area contributed by atoms with Crippen LogP contribution in [0.2, 0.25) is 0 Å². The summed E-state index contributed by atoms with van der Waals surface area (Å²) in [6, 6.07) is 0.364. The van der Waals surface area contributed by atoms with Gasteiger partial charge in [-0.15, -0.1) is 11.3 Å². The summed E-state index contributed by atoms with van der Waals surface area (Å²) in [5.41, 5.74) is 1.01. The molecule has 5 nitrogen and oxygen atoms in total. The molecular formula is C14H21N3O2S. The quantitative estimate of drug-likeness (QED) is 0.917. The number of rotatable bonds is 4. The number of hydrogen-bond acceptors (Lipinski definition) is 5. The number of piperidine rings is 1. The Bertz CT molecular complexity index is 487. The average Bonchev–Trinajstić information content (AvgIpc) is 3.10. The van der Waals surface area contributed by atoms with E-state index in [-0.39, 0.29) is 12.0 Å². The predicted molar refractivity (Wildman–Crippen MR) is 78.8 cm³/mol. The van der Waals surface area contributed by atoms with Crippen molar-refractivity contribution in [3.05, 3.63) is 11.1 Å². The van der Waals surface area contributed by atoms with Gasteiger partial charge in [-0.2, -0.15) is 0 Å². The maximum atomic E-state index is 11.7. The molecule has 1 amide bonds. The van der Waals surface area contributed by atoms with Gasteiger partial charge in [0, 0.05) is 31.4 Å². The molecular weight excluding hydrogens is 274 g/mol. The highest BCUT2D eigenvalue weighted by Gasteiger charge is 2.33. The van der Waals surface area contributed by atoms with Crippen molar-refractivity contribution in [1.82, 2.24) is 9.88 Å². The summed E-state index contributed by atoms with van der Waals surface area (Å²) in [6.07, 6.45) is 3.92. The second-order valence-electron chi connectivity index (χ2n) is 5.77. The van der Waals surface area contributed by atoms with Gasteiger partial charge in [0.1, 0.15) is 0 Å². The summed E-state index contributed by atoms with van der Waals surface area (Å²) < 4.78 is 0. The number of thiazole rings is 1.